The number of thiocarbonyl (C=S) groups is 1. The van der Waals surface area contributed by atoms with E-state index in [1.54, 1.807) is 7.11 Å². The minimum Gasteiger partial charge on any atom is -0.497 e. The first-order chi connectivity index (χ1) is 16.5. The van der Waals surface area contributed by atoms with Gasteiger partial charge < -0.3 is 14.6 Å². The van der Waals surface area contributed by atoms with Crippen molar-refractivity contribution in [1.82, 2.24) is 15.5 Å². The number of anilines is 1. The predicted molar refractivity (Wildman–Crippen MR) is 137 cm³/mol. The van der Waals surface area contributed by atoms with Crippen LogP contribution in [0.25, 0.3) is 17.0 Å². The first kappa shape index (κ1) is 21.9. The summed E-state index contributed by atoms with van der Waals surface area (Å²) in [6.07, 6.45) is 0. The third-order valence-electron chi connectivity index (χ3n) is 5.88. The van der Waals surface area contributed by atoms with E-state index >= 15 is 0 Å². The minimum atomic E-state index is -0.223. The van der Waals surface area contributed by atoms with Gasteiger partial charge in [0.15, 0.2) is 5.11 Å². The minimum absolute atomic E-state index is 0.223. The Labute approximate surface area is 203 Å². The van der Waals surface area contributed by atoms with Gasteiger partial charge in [-0.15, -0.1) is 0 Å². The molecule has 1 atom stereocenters. The summed E-state index contributed by atoms with van der Waals surface area (Å²) in [5, 5.41) is 8.39. The zero-order valence-corrected chi connectivity index (χ0v) is 20.0. The van der Waals surface area contributed by atoms with Crippen LogP contribution in [-0.2, 0) is 0 Å². The van der Waals surface area contributed by atoms with Gasteiger partial charge in [0, 0.05) is 16.9 Å². The van der Waals surface area contributed by atoms with Gasteiger partial charge in [-0.25, -0.2) is 0 Å². The van der Waals surface area contributed by atoms with E-state index in [0.29, 0.717) is 16.8 Å². The number of allylic oxidation sites excluding steroid dienone is 1. The van der Waals surface area contributed by atoms with Gasteiger partial charge in [-0.1, -0.05) is 47.6 Å². The molecule has 0 aliphatic carbocycles. The molecule has 1 aliphatic heterocycles. The molecule has 0 fully saturated rings. The SMILES string of the molecule is COc1ccc(-c2noc(C3=C(C)N(c4cccc(C)c4)C(=S)NC3c3ccccc3)n2)cc1. The summed E-state index contributed by atoms with van der Waals surface area (Å²) in [5.41, 5.74) is 5.86. The second kappa shape index (κ2) is 9.11. The lowest BCUT2D eigenvalue weighted by Crippen LogP contribution is -2.46. The lowest BCUT2D eigenvalue weighted by molar-refractivity contribution is 0.404. The Balaban J connectivity index is 1.63. The number of rotatable bonds is 5. The topological polar surface area (TPSA) is 63.4 Å². The van der Waals surface area contributed by atoms with E-state index in [9.17, 15) is 0 Å². The number of methoxy groups -OCH3 is 1. The van der Waals surface area contributed by atoms with E-state index in [-0.39, 0.29) is 6.04 Å². The van der Waals surface area contributed by atoms with Gasteiger partial charge >= 0.3 is 0 Å². The first-order valence-electron chi connectivity index (χ1n) is 11.0. The average Bonchev–Trinajstić information content (AvgIpc) is 3.34. The molecule has 0 spiro atoms. The lowest BCUT2D eigenvalue weighted by atomic mass is 9.94. The normalized spacial score (nSPS) is 15.9. The van der Waals surface area contributed by atoms with Gasteiger partial charge in [-0.3, -0.25) is 4.90 Å². The van der Waals surface area contributed by atoms with E-state index in [2.05, 4.69) is 41.7 Å². The Kier molecular flexibility index (Phi) is 5.86. The molecule has 4 aromatic rings. The average molecular weight is 469 g/mol. The van der Waals surface area contributed by atoms with Gasteiger partial charge in [-0.05, 0) is 73.6 Å². The maximum Gasteiger partial charge on any atom is 0.258 e. The fourth-order valence-corrected chi connectivity index (χ4v) is 4.54. The number of ether oxygens (including phenoxy) is 1. The van der Waals surface area contributed by atoms with Crippen LogP contribution in [0.4, 0.5) is 5.69 Å². The maximum atomic E-state index is 5.82. The monoisotopic (exact) mass is 468 g/mol. The van der Waals surface area contributed by atoms with E-state index in [1.165, 1.54) is 0 Å². The van der Waals surface area contributed by atoms with Crippen molar-refractivity contribution in [2.24, 2.45) is 0 Å². The molecule has 0 bridgehead atoms. The summed E-state index contributed by atoms with van der Waals surface area (Å²) < 4.78 is 11.1. The highest BCUT2D eigenvalue weighted by Crippen LogP contribution is 2.39. The maximum absolute atomic E-state index is 5.82. The summed E-state index contributed by atoms with van der Waals surface area (Å²) in [6.45, 7) is 4.10. The Hall–Kier alpha value is -3.97. The van der Waals surface area contributed by atoms with Gasteiger partial charge in [0.1, 0.15) is 5.75 Å². The number of aryl methyl sites for hydroxylation is 1. The number of aromatic nitrogens is 2. The Morgan fingerprint density at radius 1 is 0.971 bits per heavy atom. The Morgan fingerprint density at radius 2 is 1.74 bits per heavy atom. The molecule has 0 amide bonds. The smallest absolute Gasteiger partial charge is 0.258 e. The van der Waals surface area contributed by atoms with Crippen LogP contribution in [0.3, 0.4) is 0 Å². The highest BCUT2D eigenvalue weighted by molar-refractivity contribution is 7.80. The van der Waals surface area contributed by atoms with E-state index in [4.69, 9.17) is 26.5 Å². The first-order valence-corrected chi connectivity index (χ1v) is 11.4. The third kappa shape index (κ3) is 4.06. The molecule has 1 aliphatic rings. The fourth-order valence-electron chi connectivity index (χ4n) is 4.18. The molecule has 0 saturated carbocycles. The molecule has 0 radical (unpaired) electrons. The molecule has 1 N–H and O–H groups in total. The lowest BCUT2D eigenvalue weighted by Gasteiger charge is -2.37. The van der Waals surface area contributed by atoms with E-state index in [1.807, 2.05) is 66.4 Å². The summed E-state index contributed by atoms with van der Waals surface area (Å²) in [6, 6.07) is 25.7. The van der Waals surface area contributed by atoms with Crippen LogP contribution in [0.1, 0.15) is 30.0 Å². The predicted octanol–water partition coefficient (Wildman–Crippen LogP) is 5.92. The fraction of sp³-hybridized carbons (Fsp3) is 0.148. The Bertz CT molecular complexity index is 1360. The van der Waals surface area contributed by atoms with Gasteiger partial charge in [0.25, 0.3) is 5.89 Å². The van der Waals surface area contributed by atoms with Crippen molar-refractivity contribution >= 4 is 28.6 Å². The quantitative estimate of drug-likeness (QED) is 0.365. The molecule has 5 rings (SSSR count). The molecular weight excluding hydrogens is 444 g/mol. The molecule has 1 unspecified atom stereocenters. The number of hydrogen-bond acceptors (Lipinski definition) is 5. The highest BCUT2D eigenvalue weighted by Gasteiger charge is 2.34. The zero-order chi connectivity index (χ0) is 23.7. The standard InChI is InChI=1S/C27H24N4O2S/c1-17-8-7-11-21(16-17)31-18(2)23(24(28-27(31)34)19-9-5-4-6-10-19)26-29-25(30-33-26)20-12-14-22(32-3)15-13-20/h4-16,24H,1-3H3,(H,28,34). The van der Waals surface area contributed by atoms with Crippen LogP contribution >= 0.6 is 12.2 Å². The van der Waals surface area contributed by atoms with Crippen LogP contribution in [-0.4, -0.2) is 22.4 Å². The molecule has 170 valence electrons. The molecule has 1 aromatic heterocycles. The molecule has 6 nitrogen and oxygen atoms in total. The molecule has 34 heavy (non-hydrogen) atoms. The summed E-state index contributed by atoms with van der Waals surface area (Å²) in [4.78, 5) is 6.79. The van der Waals surface area contributed by atoms with Crippen molar-refractivity contribution < 1.29 is 9.26 Å². The highest BCUT2D eigenvalue weighted by atomic mass is 32.1. The molecule has 2 heterocycles. The molecule has 0 saturated heterocycles. The molecular formula is C27H24N4O2S. The number of nitrogens with one attached hydrogen (secondary N) is 1. The van der Waals surface area contributed by atoms with Crippen molar-refractivity contribution in [1.29, 1.82) is 0 Å². The summed E-state index contributed by atoms with van der Waals surface area (Å²) >= 11 is 5.82. The van der Waals surface area contributed by atoms with Crippen molar-refractivity contribution in [3.63, 3.8) is 0 Å². The zero-order valence-electron chi connectivity index (χ0n) is 19.1. The van der Waals surface area contributed by atoms with Crippen LogP contribution < -0.4 is 15.0 Å². The second-order valence-corrected chi connectivity index (χ2v) is 8.51. The summed E-state index contributed by atoms with van der Waals surface area (Å²) in [5.74, 6) is 1.73. The van der Waals surface area contributed by atoms with Crippen molar-refractivity contribution in [3.05, 3.63) is 102 Å². The van der Waals surface area contributed by atoms with Gasteiger partial charge in [0.05, 0.1) is 18.7 Å². The Morgan fingerprint density at radius 3 is 2.44 bits per heavy atom. The third-order valence-corrected chi connectivity index (χ3v) is 6.18. The molecule has 3 aromatic carbocycles. The van der Waals surface area contributed by atoms with Crippen molar-refractivity contribution in [2.75, 3.05) is 12.0 Å². The van der Waals surface area contributed by atoms with Crippen LogP contribution in [0.5, 0.6) is 5.75 Å². The largest absolute Gasteiger partial charge is 0.497 e. The van der Waals surface area contributed by atoms with Crippen molar-refractivity contribution in [2.45, 2.75) is 19.9 Å². The summed E-state index contributed by atoms with van der Waals surface area (Å²) in [7, 11) is 1.64. The van der Waals surface area contributed by atoms with Gasteiger partial charge in [0.2, 0.25) is 5.82 Å². The number of benzene rings is 3. The second-order valence-electron chi connectivity index (χ2n) is 8.12. The number of hydrogen-bond donors (Lipinski definition) is 1. The van der Waals surface area contributed by atoms with Crippen LogP contribution in [0.2, 0.25) is 0 Å². The molecule has 7 heteroatoms. The van der Waals surface area contributed by atoms with Crippen molar-refractivity contribution in [3.8, 4) is 17.1 Å². The number of nitrogens with zero attached hydrogens (tertiary/aromatic N) is 3. The van der Waals surface area contributed by atoms with Crippen LogP contribution in [0, 0.1) is 6.92 Å². The van der Waals surface area contributed by atoms with E-state index < -0.39 is 0 Å². The van der Waals surface area contributed by atoms with Gasteiger partial charge in [-0.2, -0.15) is 4.98 Å². The van der Waals surface area contributed by atoms with E-state index in [0.717, 1.165) is 39.4 Å². The van der Waals surface area contributed by atoms with Crippen LogP contribution in [0.15, 0.2) is 89.1 Å².